The van der Waals surface area contributed by atoms with Crippen LogP contribution < -0.4 is 0 Å². The summed E-state index contributed by atoms with van der Waals surface area (Å²) in [6, 6.07) is 20.0. The van der Waals surface area contributed by atoms with Crippen LogP contribution in [0.1, 0.15) is 11.4 Å². The minimum absolute atomic E-state index is 1.08. The standard InChI is InChI=1S/C21H15N/c1-12-10-17-11-16-7-6-14-4-3-5-15-8-9-18(21(16)20(14)15)19(17)13(2)22-12/h3-11H,1-2H3. The molecule has 4 aromatic carbocycles. The fourth-order valence-corrected chi connectivity index (χ4v) is 3.93. The summed E-state index contributed by atoms with van der Waals surface area (Å²) in [6.07, 6.45) is 0. The average Bonchev–Trinajstić information content (AvgIpc) is 2.51. The molecule has 1 aromatic heterocycles. The number of fused-ring (bicyclic) bond motifs is 2. The van der Waals surface area contributed by atoms with E-state index in [1.54, 1.807) is 0 Å². The number of hydrogen-bond acceptors (Lipinski definition) is 1. The molecule has 104 valence electrons. The molecule has 0 N–H and O–H groups in total. The topological polar surface area (TPSA) is 12.9 Å². The summed E-state index contributed by atoms with van der Waals surface area (Å²) in [5.41, 5.74) is 2.20. The molecular weight excluding hydrogens is 266 g/mol. The van der Waals surface area contributed by atoms with Crippen molar-refractivity contribution in [1.29, 1.82) is 0 Å². The first kappa shape index (κ1) is 11.9. The van der Waals surface area contributed by atoms with Crippen LogP contribution in [0.2, 0.25) is 0 Å². The predicted molar refractivity (Wildman–Crippen MR) is 94.9 cm³/mol. The van der Waals surface area contributed by atoms with E-state index in [2.05, 4.69) is 73.4 Å². The monoisotopic (exact) mass is 281 g/mol. The van der Waals surface area contributed by atoms with Gasteiger partial charge in [-0.25, -0.2) is 0 Å². The highest BCUT2D eigenvalue weighted by Crippen LogP contribution is 2.39. The van der Waals surface area contributed by atoms with Crippen molar-refractivity contribution in [3.63, 3.8) is 0 Å². The number of pyridine rings is 1. The van der Waals surface area contributed by atoms with Crippen molar-refractivity contribution < 1.29 is 0 Å². The molecule has 0 spiro atoms. The Morgan fingerprint density at radius 1 is 0.636 bits per heavy atom. The zero-order valence-electron chi connectivity index (χ0n) is 12.6. The molecule has 1 nitrogen and oxygen atoms in total. The Morgan fingerprint density at radius 3 is 2.18 bits per heavy atom. The van der Waals surface area contributed by atoms with Gasteiger partial charge in [0.1, 0.15) is 0 Å². The smallest absolute Gasteiger partial charge is 0.0460 e. The van der Waals surface area contributed by atoms with Crippen molar-refractivity contribution in [3.8, 4) is 0 Å². The average molecular weight is 281 g/mol. The van der Waals surface area contributed by atoms with E-state index in [-0.39, 0.29) is 0 Å². The van der Waals surface area contributed by atoms with Crippen LogP contribution in [0.15, 0.2) is 54.6 Å². The van der Waals surface area contributed by atoms with Crippen molar-refractivity contribution in [2.45, 2.75) is 13.8 Å². The molecule has 1 heteroatoms. The molecule has 1 heterocycles. The molecule has 0 saturated heterocycles. The molecule has 0 bridgehead atoms. The molecule has 0 atom stereocenters. The van der Waals surface area contributed by atoms with Crippen molar-refractivity contribution in [1.82, 2.24) is 4.98 Å². The summed E-state index contributed by atoms with van der Waals surface area (Å²) >= 11 is 0. The van der Waals surface area contributed by atoms with Crippen LogP contribution in [0.3, 0.4) is 0 Å². The molecule has 5 rings (SSSR count). The minimum Gasteiger partial charge on any atom is -0.258 e. The second-order valence-corrected chi connectivity index (χ2v) is 6.18. The van der Waals surface area contributed by atoms with E-state index in [4.69, 9.17) is 0 Å². The quantitative estimate of drug-likeness (QED) is 0.260. The van der Waals surface area contributed by atoms with Gasteiger partial charge in [-0.05, 0) is 63.7 Å². The summed E-state index contributed by atoms with van der Waals surface area (Å²) in [7, 11) is 0. The molecule has 0 aliphatic rings. The van der Waals surface area contributed by atoms with Crippen LogP contribution >= 0.6 is 0 Å². The largest absolute Gasteiger partial charge is 0.258 e. The Labute approximate surface area is 128 Å². The number of benzene rings is 4. The highest BCUT2D eigenvalue weighted by Gasteiger charge is 2.12. The first-order valence-electron chi connectivity index (χ1n) is 7.67. The van der Waals surface area contributed by atoms with Gasteiger partial charge in [-0.3, -0.25) is 4.98 Å². The van der Waals surface area contributed by atoms with E-state index in [1.165, 1.54) is 43.1 Å². The predicted octanol–water partition coefficient (Wildman–Crippen LogP) is 5.75. The highest BCUT2D eigenvalue weighted by atomic mass is 14.7. The molecule has 0 amide bonds. The first-order chi connectivity index (χ1) is 10.7. The number of aryl methyl sites for hydroxylation is 2. The van der Waals surface area contributed by atoms with Gasteiger partial charge in [0.2, 0.25) is 0 Å². The molecule has 0 aliphatic carbocycles. The third-order valence-corrected chi connectivity index (χ3v) is 4.75. The molecule has 22 heavy (non-hydrogen) atoms. The van der Waals surface area contributed by atoms with E-state index in [1.807, 2.05) is 0 Å². The molecule has 0 unspecified atom stereocenters. The van der Waals surface area contributed by atoms with Gasteiger partial charge in [-0.1, -0.05) is 42.5 Å². The Kier molecular flexibility index (Phi) is 2.14. The van der Waals surface area contributed by atoms with Crippen molar-refractivity contribution in [2.24, 2.45) is 0 Å². The number of nitrogens with zero attached hydrogens (tertiary/aromatic N) is 1. The lowest BCUT2D eigenvalue weighted by atomic mass is 9.90. The number of rotatable bonds is 0. The first-order valence-corrected chi connectivity index (χ1v) is 7.67. The lowest BCUT2D eigenvalue weighted by Gasteiger charge is -2.14. The maximum Gasteiger partial charge on any atom is 0.0460 e. The Bertz CT molecular complexity index is 1170. The lowest BCUT2D eigenvalue weighted by Crippen LogP contribution is -1.91. The Morgan fingerprint density at radius 2 is 1.36 bits per heavy atom. The van der Waals surface area contributed by atoms with Gasteiger partial charge < -0.3 is 0 Å². The fourth-order valence-electron chi connectivity index (χ4n) is 3.93. The van der Waals surface area contributed by atoms with E-state index in [9.17, 15) is 0 Å². The van der Waals surface area contributed by atoms with Gasteiger partial charge in [0.25, 0.3) is 0 Å². The second kappa shape index (κ2) is 3.95. The third-order valence-electron chi connectivity index (χ3n) is 4.75. The molecule has 0 fully saturated rings. The summed E-state index contributed by atoms with van der Waals surface area (Å²) in [5.74, 6) is 0. The zero-order chi connectivity index (χ0) is 14.8. The van der Waals surface area contributed by atoms with Crippen molar-refractivity contribution >= 4 is 43.1 Å². The number of hydrogen-bond donors (Lipinski definition) is 0. The zero-order valence-corrected chi connectivity index (χ0v) is 12.6. The third kappa shape index (κ3) is 1.41. The summed E-state index contributed by atoms with van der Waals surface area (Å²) in [4.78, 5) is 4.68. The van der Waals surface area contributed by atoms with Crippen LogP contribution in [0.5, 0.6) is 0 Å². The van der Waals surface area contributed by atoms with E-state index in [0.29, 0.717) is 0 Å². The molecule has 0 radical (unpaired) electrons. The fraction of sp³-hybridized carbons (Fsp3) is 0.0952. The summed E-state index contributed by atoms with van der Waals surface area (Å²) in [6.45, 7) is 4.18. The minimum atomic E-state index is 1.08. The molecule has 0 saturated carbocycles. The van der Waals surface area contributed by atoms with Crippen molar-refractivity contribution in [2.75, 3.05) is 0 Å². The van der Waals surface area contributed by atoms with Gasteiger partial charge in [-0.2, -0.15) is 0 Å². The molecular formula is C21H15N. The Balaban J connectivity index is 2.19. The second-order valence-electron chi connectivity index (χ2n) is 6.18. The summed E-state index contributed by atoms with van der Waals surface area (Å²) < 4.78 is 0. The normalized spacial score (nSPS) is 12.1. The van der Waals surface area contributed by atoms with Gasteiger partial charge >= 0.3 is 0 Å². The van der Waals surface area contributed by atoms with Crippen LogP contribution in [0, 0.1) is 13.8 Å². The van der Waals surface area contributed by atoms with Gasteiger partial charge in [0, 0.05) is 16.8 Å². The maximum atomic E-state index is 4.68. The molecule has 5 aromatic rings. The van der Waals surface area contributed by atoms with Crippen LogP contribution in [0.25, 0.3) is 43.1 Å². The van der Waals surface area contributed by atoms with Crippen LogP contribution in [0.4, 0.5) is 0 Å². The van der Waals surface area contributed by atoms with E-state index in [0.717, 1.165) is 11.4 Å². The van der Waals surface area contributed by atoms with E-state index >= 15 is 0 Å². The van der Waals surface area contributed by atoms with Gasteiger partial charge in [-0.15, -0.1) is 0 Å². The van der Waals surface area contributed by atoms with E-state index < -0.39 is 0 Å². The van der Waals surface area contributed by atoms with Crippen molar-refractivity contribution in [3.05, 3.63) is 66.0 Å². The van der Waals surface area contributed by atoms with Crippen LogP contribution in [-0.2, 0) is 0 Å². The van der Waals surface area contributed by atoms with Crippen LogP contribution in [-0.4, -0.2) is 4.98 Å². The lowest BCUT2D eigenvalue weighted by molar-refractivity contribution is 1.15. The number of aromatic nitrogens is 1. The molecule has 0 aliphatic heterocycles. The van der Waals surface area contributed by atoms with Gasteiger partial charge in [0.15, 0.2) is 0 Å². The summed E-state index contributed by atoms with van der Waals surface area (Å²) in [5, 5.41) is 10.6. The maximum absolute atomic E-state index is 4.68. The SMILES string of the molecule is Cc1cc2cc3ccc4cccc5ccc(c2c(C)n1)c3c45. The van der Waals surface area contributed by atoms with Gasteiger partial charge in [0.05, 0.1) is 0 Å². The Hall–Kier alpha value is -2.67. The highest BCUT2D eigenvalue weighted by molar-refractivity contribution is 6.29.